The van der Waals surface area contributed by atoms with Gasteiger partial charge in [0, 0.05) is 0 Å². The predicted octanol–water partition coefficient (Wildman–Crippen LogP) is 2.92. The van der Waals surface area contributed by atoms with Crippen LogP contribution in [0.4, 0.5) is 0 Å². The van der Waals surface area contributed by atoms with Crippen molar-refractivity contribution in [1.29, 1.82) is 0 Å². The quantitative estimate of drug-likeness (QED) is 0.737. The number of rotatable bonds is 2. The smallest absolute Gasteiger partial charge is 0.309 e. The highest BCUT2D eigenvalue weighted by Gasteiger charge is 2.50. The molecule has 14 heavy (non-hydrogen) atoms. The van der Waals surface area contributed by atoms with Gasteiger partial charge in [-0.25, -0.2) is 0 Å². The van der Waals surface area contributed by atoms with Gasteiger partial charge in [-0.3, -0.25) is 4.79 Å². The van der Waals surface area contributed by atoms with Crippen LogP contribution in [0.5, 0.6) is 0 Å². The molecule has 2 nitrogen and oxygen atoms in total. The Hall–Kier alpha value is -0.530. The lowest BCUT2D eigenvalue weighted by atomic mass is 9.63. The van der Waals surface area contributed by atoms with Crippen molar-refractivity contribution >= 4 is 5.97 Å². The average Bonchev–Trinajstić information content (AvgIpc) is 2.44. The van der Waals surface area contributed by atoms with E-state index in [1.165, 1.54) is 19.3 Å². The number of hydrogen-bond acceptors (Lipinski definition) is 1. The summed E-state index contributed by atoms with van der Waals surface area (Å²) in [5.74, 6) is 1.13. The van der Waals surface area contributed by atoms with Gasteiger partial charge < -0.3 is 5.11 Å². The monoisotopic (exact) mass is 196 g/mol. The Bertz CT molecular complexity index is 233. The lowest BCUT2D eigenvalue weighted by Gasteiger charge is -2.40. The van der Waals surface area contributed by atoms with Gasteiger partial charge in [-0.1, -0.05) is 26.7 Å². The molecule has 0 radical (unpaired) electrons. The van der Waals surface area contributed by atoms with Gasteiger partial charge in [-0.05, 0) is 37.0 Å². The second kappa shape index (κ2) is 3.25. The fraction of sp³-hybridized carbons (Fsp3) is 0.917. The Kier molecular flexibility index (Phi) is 2.32. The van der Waals surface area contributed by atoms with Crippen molar-refractivity contribution < 1.29 is 9.90 Å². The largest absolute Gasteiger partial charge is 0.481 e. The van der Waals surface area contributed by atoms with Crippen molar-refractivity contribution in [2.75, 3.05) is 0 Å². The average molecular weight is 196 g/mol. The van der Waals surface area contributed by atoms with Crippen LogP contribution >= 0.6 is 0 Å². The van der Waals surface area contributed by atoms with Gasteiger partial charge >= 0.3 is 5.97 Å². The number of carbonyl (C=O) groups is 1. The molecular formula is C12H20O2. The standard InChI is InChI=1S/C12H20O2/c1-8(2)12(11(13)14)6-9-3-4-10(5-9)7-12/h8-10H,3-7H2,1-2H3,(H,13,14). The van der Waals surface area contributed by atoms with Crippen LogP contribution in [0.2, 0.25) is 0 Å². The van der Waals surface area contributed by atoms with Crippen molar-refractivity contribution in [3.8, 4) is 0 Å². The molecule has 0 aromatic carbocycles. The van der Waals surface area contributed by atoms with Gasteiger partial charge in [0.05, 0.1) is 5.41 Å². The van der Waals surface area contributed by atoms with Crippen molar-refractivity contribution in [3.63, 3.8) is 0 Å². The molecule has 2 fully saturated rings. The summed E-state index contributed by atoms with van der Waals surface area (Å²) in [7, 11) is 0. The highest BCUT2D eigenvalue weighted by atomic mass is 16.4. The third-order valence-corrected chi connectivity index (χ3v) is 4.49. The van der Waals surface area contributed by atoms with E-state index in [1.54, 1.807) is 0 Å². The van der Waals surface area contributed by atoms with E-state index >= 15 is 0 Å². The molecule has 0 aliphatic heterocycles. The molecule has 2 heteroatoms. The van der Waals surface area contributed by atoms with Gasteiger partial charge in [0.25, 0.3) is 0 Å². The number of fused-ring (bicyclic) bond motifs is 2. The lowest BCUT2D eigenvalue weighted by molar-refractivity contribution is -0.156. The fourth-order valence-corrected chi connectivity index (χ4v) is 3.56. The molecule has 0 aromatic heterocycles. The molecule has 0 aromatic rings. The highest BCUT2D eigenvalue weighted by Crippen LogP contribution is 2.53. The Morgan fingerprint density at radius 1 is 1.29 bits per heavy atom. The van der Waals surface area contributed by atoms with E-state index in [1.807, 2.05) is 0 Å². The van der Waals surface area contributed by atoms with Crippen LogP contribution in [0.25, 0.3) is 0 Å². The molecule has 2 atom stereocenters. The second-order valence-electron chi connectivity index (χ2n) is 5.57. The molecule has 2 bridgehead atoms. The molecular weight excluding hydrogens is 176 g/mol. The molecule has 2 aliphatic rings. The fourth-order valence-electron chi connectivity index (χ4n) is 3.56. The normalized spacial score (nSPS) is 41.6. The van der Waals surface area contributed by atoms with Gasteiger partial charge in [0.15, 0.2) is 0 Å². The lowest BCUT2D eigenvalue weighted by Crippen LogP contribution is -2.41. The number of aliphatic carboxylic acids is 1. The van der Waals surface area contributed by atoms with E-state index in [4.69, 9.17) is 0 Å². The van der Waals surface area contributed by atoms with Crippen molar-refractivity contribution in [1.82, 2.24) is 0 Å². The summed E-state index contributed by atoms with van der Waals surface area (Å²) in [5.41, 5.74) is -0.399. The minimum absolute atomic E-state index is 0.281. The van der Waals surface area contributed by atoms with E-state index in [9.17, 15) is 9.90 Å². The minimum Gasteiger partial charge on any atom is -0.481 e. The summed E-state index contributed by atoms with van der Waals surface area (Å²) < 4.78 is 0. The molecule has 2 aliphatic carbocycles. The molecule has 0 spiro atoms. The Labute approximate surface area is 85.7 Å². The minimum atomic E-state index is -0.552. The van der Waals surface area contributed by atoms with Crippen LogP contribution in [0, 0.1) is 23.2 Å². The van der Waals surface area contributed by atoms with E-state index in [0.717, 1.165) is 12.8 Å². The zero-order chi connectivity index (χ0) is 10.3. The van der Waals surface area contributed by atoms with Crippen LogP contribution in [-0.2, 0) is 4.79 Å². The first-order valence-corrected chi connectivity index (χ1v) is 5.78. The maximum atomic E-state index is 11.4. The van der Waals surface area contributed by atoms with Crippen LogP contribution in [0.3, 0.4) is 0 Å². The van der Waals surface area contributed by atoms with Crippen molar-refractivity contribution in [3.05, 3.63) is 0 Å². The molecule has 0 heterocycles. The molecule has 1 N–H and O–H groups in total. The van der Waals surface area contributed by atoms with Crippen molar-refractivity contribution in [2.45, 2.75) is 46.0 Å². The maximum Gasteiger partial charge on any atom is 0.309 e. The van der Waals surface area contributed by atoms with Crippen LogP contribution < -0.4 is 0 Å². The molecule has 2 rings (SSSR count). The Morgan fingerprint density at radius 3 is 2.14 bits per heavy atom. The Balaban J connectivity index is 2.24. The predicted molar refractivity (Wildman–Crippen MR) is 55.0 cm³/mol. The highest BCUT2D eigenvalue weighted by molar-refractivity contribution is 5.75. The SMILES string of the molecule is CC(C)C1(C(=O)O)CC2CCC(C2)C1. The van der Waals surface area contributed by atoms with Gasteiger partial charge in [0.2, 0.25) is 0 Å². The molecule has 0 amide bonds. The van der Waals surface area contributed by atoms with Gasteiger partial charge in [0.1, 0.15) is 0 Å². The molecule has 80 valence electrons. The van der Waals surface area contributed by atoms with E-state index in [0.29, 0.717) is 11.8 Å². The number of hydrogen-bond donors (Lipinski definition) is 1. The summed E-state index contributed by atoms with van der Waals surface area (Å²) >= 11 is 0. The third kappa shape index (κ3) is 1.35. The molecule has 0 saturated heterocycles. The number of carboxylic acid groups (broad SMARTS) is 1. The summed E-state index contributed by atoms with van der Waals surface area (Å²) in [6, 6.07) is 0. The first-order valence-electron chi connectivity index (χ1n) is 5.78. The van der Waals surface area contributed by atoms with Crippen LogP contribution in [0.1, 0.15) is 46.0 Å². The summed E-state index contributed by atoms with van der Waals surface area (Å²) in [5, 5.41) is 9.42. The van der Waals surface area contributed by atoms with E-state index in [-0.39, 0.29) is 5.92 Å². The van der Waals surface area contributed by atoms with Crippen LogP contribution in [0.15, 0.2) is 0 Å². The first-order chi connectivity index (χ1) is 6.54. The van der Waals surface area contributed by atoms with Crippen LogP contribution in [-0.4, -0.2) is 11.1 Å². The second-order valence-corrected chi connectivity index (χ2v) is 5.57. The third-order valence-electron chi connectivity index (χ3n) is 4.49. The zero-order valence-corrected chi connectivity index (χ0v) is 9.12. The molecule has 2 saturated carbocycles. The Morgan fingerprint density at radius 2 is 1.79 bits per heavy atom. The van der Waals surface area contributed by atoms with E-state index < -0.39 is 11.4 Å². The zero-order valence-electron chi connectivity index (χ0n) is 9.12. The number of carboxylic acids is 1. The van der Waals surface area contributed by atoms with Crippen molar-refractivity contribution in [2.24, 2.45) is 23.2 Å². The maximum absolute atomic E-state index is 11.4. The molecule has 2 unspecified atom stereocenters. The summed E-state index contributed by atoms with van der Waals surface area (Å²) in [6.45, 7) is 4.14. The van der Waals surface area contributed by atoms with E-state index in [2.05, 4.69) is 13.8 Å². The summed E-state index contributed by atoms with van der Waals surface area (Å²) in [4.78, 5) is 11.4. The summed E-state index contributed by atoms with van der Waals surface area (Å²) in [6.07, 6.45) is 5.69. The van der Waals surface area contributed by atoms with Gasteiger partial charge in [-0.15, -0.1) is 0 Å². The topological polar surface area (TPSA) is 37.3 Å². The van der Waals surface area contributed by atoms with Gasteiger partial charge in [-0.2, -0.15) is 0 Å². The first kappa shape index (κ1) is 10.0.